The fraction of sp³-hybridized carbons (Fsp3) is 0.333. The first kappa shape index (κ1) is 9.67. The molecule has 0 saturated heterocycles. The Labute approximate surface area is 76.0 Å². The highest BCUT2D eigenvalue weighted by molar-refractivity contribution is 5.43. The van der Waals surface area contributed by atoms with Gasteiger partial charge in [0.15, 0.2) is 0 Å². The molecule has 70 valence electrons. The van der Waals surface area contributed by atoms with Gasteiger partial charge in [0.1, 0.15) is 0 Å². The minimum atomic E-state index is -0.419. The van der Waals surface area contributed by atoms with E-state index in [9.17, 15) is 10.1 Å². The Hall–Kier alpha value is -1.42. The molecule has 1 aromatic rings. The lowest BCUT2D eigenvalue weighted by Gasteiger charge is -2.01. The van der Waals surface area contributed by atoms with Gasteiger partial charge in [-0.1, -0.05) is 19.1 Å². The Morgan fingerprint density at radius 2 is 2.23 bits per heavy atom. The molecule has 0 bridgehead atoms. The Balaban J connectivity index is 3.18. The van der Waals surface area contributed by atoms with Crippen LogP contribution in [0.4, 0.5) is 5.69 Å². The maximum absolute atomic E-state index is 10.6. The summed E-state index contributed by atoms with van der Waals surface area (Å²) < 4.78 is 0. The Kier molecular flexibility index (Phi) is 2.97. The second kappa shape index (κ2) is 4.00. The number of nitrogens with zero attached hydrogens (tertiary/aromatic N) is 1. The molecule has 0 atom stereocenters. The Morgan fingerprint density at radius 1 is 1.54 bits per heavy atom. The fourth-order valence-corrected chi connectivity index (χ4v) is 1.18. The monoisotopic (exact) mass is 181 g/mol. The number of hydrogen-bond acceptors (Lipinski definition) is 3. The van der Waals surface area contributed by atoms with Gasteiger partial charge in [-0.15, -0.1) is 0 Å². The number of rotatable bonds is 3. The van der Waals surface area contributed by atoms with E-state index in [1.165, 1.54) is 6.07 Å². The summed E-state index contributed by atoms with van der Waals surface area (Å²) in [5.74, 6) is 0. The molecule has 0 aliphatic rings. The molecular formula is C9H11NO3. The molecule has 0 saturated carbocycles. The van der Waals surface area contributed by atoms with Crippen LogP contribution in [0.2, 0.25) is 0 Å². The smallest absolute Gasteiger partial charge is 0.272 e. The van der Waals surface area contributed by atoms with Gasteiger partial charge in [-0.2, -0.15) is 0 Å². The van der Waals surface area contributed by atoms with Crippen molar-refractivity contribution in [3.63, 3.8) is 0 Å². The summed E-state index contributed by atoms with van der Waals surface area (Å²) in [7, 11) is 0. The van der Waals surface area contributed by atoms with Crippen molar-refractivity contribution in [2.75, 3.05) is 0 Å². The molecule has 0 amide bonds. The predicted molar refractivity (Wildman–Crippen MR) is 48.4 cm³/mol. The number of hydrogen-bond donors (Lipinski definition) is 1. The summed E-state index contributed by atoms with van der Waals surface area (Å²) in [6.45, 7) is 1.70. The summed E-state index contributed by atoms with van der Waals surface area (Å²) in [6, 6.07) is 4.80. The average molecular weight is 181 g/mol. The molecule has 0 aliphatic heterocycles. The van der Waals surface area contributed by atoms with E-state index in [2.05, 4.69) is 0 Å². The molecule has 0 heterocycles. The molecule has 1 aromatic carbocycles. The third-order valence-corrected chi connectivity index (χ3v) is 1.91. The van der Waals surface area contributed by atoms with Gasteiger partial charge in [-0.05, 0) is 12.0 Å². The van der Waals surface area contributed by atoms with E-state index in [0.717, 1.165) is 0 Å². The van der Waals surface area contributed by atoms with Crippen LogP contribution in [0.15, 0.2) is 18.2 Å². The molecule has 0 unspecified atom stereocenters. The van der Waals surface area contributed by atoms with Crippen molar-refractivity contribution in [1.29, 1.82) is 0 Å². The summed E-state index contributed by atoms with van der Waals surface area (Å²) in [6.07, 6.45) is 0.627. The van der Waals surface area contributed by atoms with E-state index in [1.54, 1.807) is 12.1 Å². The third kappa shape index (κ3) is 2.03. The lowest BCUT2D eigenvalue weighted by Crippen LogP contribution is -1.96. The van der Waals surface area contributed by atoms with Gasteiger partial charge in [0.2, 0.25) is 0 Å². The van der Waals surface area contributed by atoms with Crippen LogP contribution in [-0.4, -0.2) is 10.0 Å². The van der Waals surface area contributed by atoms with Gasteiger partial charge in [-0.25, -0.2) is 0 Å². The van der Waals surface area contributed by atoms with Gasteiger partial charge >= 0.3 is 0 Å². The van der Waals surface area contributed by atoms with Crippen LogP contribution in [0, 0.1) is 10.1 Å². The first-order valence-corrected chi connectivity index (χ1v) is 4.06. The van der Waals surface area contributed by atoms with Crippen molar-refractivity contribution in [1.82, 2.24) is 0 Å². The minimum absolute atomic E-state index is 0.0917. The zero-order chi connectivity index (χ0) is 9.84. The van der Waals surface area contributed by atoms with E-state index < -0.39 is 4.92 Å². The first-order valence-electron chi connectivity index (χ1n) is 4.06. The lowest BCUT2D eigenvalue weighted by atomic mass is 10.1. The second-order valence-electron chi connectivity index (χ2n) is 2.73. The van der Waals surface area contributed by atoms with Crippen LogP contribution >= 0.6 is 0 Å². The van der Waals surface area contributed by atoms with Gasteiger partial charge in [0.25, 0.3) is 5.69 Å². The molecule has 0 radical (unpaired) electrons. The third-order valence-electron chi connectivity index (χ3n) is 1.91. The molecule has 1 rings (SSSR count). The molecular weight excluding hydrogens is 170 g/mol. The van der Waals surface area contributed by atoms with E-state index in [1.807, 2.05) is 6.92 Å². The fourth-order valence-electron chi connectivity index (χ4n) is 1.18. The predicted octanol–water partition coefficient (Wildman–Crippen LogP) is 1.65. The van der Waals surface area contributed by atoms with E-state index in [-0.39, 0.29) is 12.3 Å². The topological polar surface area (TPSA) is 63.4 Å². The average Bonchev–Trinajstić information content (AvgIpc) is 2.16. The summed E-state index contributed by atoms with van der Waals surface area (Å²) in [5.41, 5.74) is 1.36. The van der Waals surface area contributed by atoms with Crippen molar-refractivity contribution in [2.24, 2.45) is 0 Å². The quantitative estimate of drug-likeness (QED) is 0.569. The molecule has 0 aliphatic carbocycles. The Morgan fingerprint density at radius 3 is 2.69 bits per heavy atom. The summed E-state index contributed by atoms with van der Waals surface area (Å²) in [4.78, 5) is 10.2. The molecule has 0 spiro atoms. The Bertz CT molecular complexity index is 323. The summed E-state index contributed by atoms with van der Waals surface area (Å²) >= 11 is 0. The number of aliphatic hydroxyl groups is 1. The summed E-state index contributed by atoms with van der Waals surface area (Å²) in [5, 5.41) is 19.4. The number of aliphatic hydroxyl groups excluding tert-OH is 1. The van der Waals surface area contributed by atoms with Gasteiger partial charge < -0.3 is 5.11 Å². The van der Waals surface area contributed by atoms with Crippen molar-refractivity contribution >= 4 is 5.69 Å². The van der Waals surface area contributed by atoms with E-state index >= 15 is 0 Å². The van der Waals surface area contributed by atoms with Crippen LogP contribution in [0.5, 0.6) is 0 Å². The second-order valence-corrected chi connectivity index (χ2v) is 2.73. The van der Waals surface area contributed by atoms with Crippen LogP contribution in [0.25, 0.3) is 0 Å². The van der Waals surface area contributed by atoms with E-state index in [0.29, 0.717) is 17.5 Å². The highest BCUT2D eigenvalue weighted by atomic mass is 16.6. The van der Waals surface area contributed by atoms with Gasteiger partial charge in [0.05, 0.1) is 11.5 Å². The van der Waals surface area contributed by atoms with Crippen molar-refractivity contribution < 1.29 is 10.0 Å². The number of benzene rings is 1. The zero-order valence-corrected chi connectivity index (χ0v) is 7.36. The number of aryl methyl sites for hydroxylation is 1. The van der Waals surface area contributed by atoms with Crippen molar-refractivity contribution in [2.45, 2.75) is 20.0 Å². The lowest BCUT2D eigenvalue weighted by molar-refractivity contribution is -0.385. The van der Waals surface area contributed by atoms with Crippen LogP contribution in [0.3, 0.4) is 0 Å². The molecule has 0 aromatic heterocycles. The van der Waals surface area contributed by atoms with Crippen LogP contribution in [0.1, 0.15) is 18.1 Å². The molecule has 0 fully saturated rings. The van der Waals surface area contributed by atoms with E-state index in [4.69, 9.17) is 5.11 Å². The SMILES string of the molecule is CCc1ccc(CO)cc1[N+](=O)[O-]. The van der Waals surface area contributed by atoms with Gasteiger partial charge in [-0.3, -0.25) is 10.1 Å². The number of nitro benzene ring substituents is 1. The minimum Gasteiger partial charge on any atom is -0.392 e. The molecule has 4 nitrogen and oxygen atoms in total. The standard InChI is InChI=1S/C9H11NO3/c1-2-8-4-3-7(6-11)5-9(8)10(12)13/h3-5,11H,2,6H2,1H3. The molecule has 4 heteroatoms. The molecule has 13 heavy (non-hydrogen) atoms. The normalized spacial score (nSPS) is 10.0. The van der Waals surface area contributed by atoms with Crippen molar-refractivity contribution in [3.8, 4) is 0 Å². The maximum Gasteiger partial charge on any atom is 0.272 e. The zero-order valence-electron chi connectivity index (χ0n) is 7.36. The van der Waals surface area contributed by atoms with Gasteiger partial charge in [0, 0.05) is 11.6 Å². The first-order chi connectivity index (χ1) is 6.19. The highest BCUT2D eigenvalue weighted by Crippen LogP contribution is 2.20. The largest absolute Gasteiger partial charge is 0.392 e. The van der Waals surface area contributed by atoms with Crippen LogP contribution in [-0.2, 0) is 13.0 Å². The number of nitro groups is 1. The van der Waals surface area contributed by atoms with Crippen molar-refractivity contribution in [3.05, 3.63) is 39.4 Å². The highest BCUT2D eigenvalue weighted by Gasteiger charge is 2.12. The molecule has 1 N–H and O–H groups in total. The maximum atomic E-state index is 10.6. The van der Waals surface area contributed by atoms with Crippen LogP contribution < -0.4 is 0 Å².